The first kappa shape index (κ1) is 16.1. The fourth-order valence-electron chi connectivity index (χ4n) is 3.38. The third kappa shape index (κ3) is 4.35. The van der Waals surface area contributed by atoms with Crippen LogP contribution in [0, 0.1) is 0 Å². The second kappa shape index (κ2) is 7.64. The number of rotatable bonds is 4. The average Bonchev–Trinajstić information content (AvgIpc) is 2.59. The Kier molecular flexibility index (Phi) is 5.34. The molecule has 0 spiro atoms. The Hall–Kier alpha value is -1.81. The standard InChI is InChI=1S/C19H26N2O2/c1-15-13-17(20-19(22)18-9-5-6-12-23-18)10-11-21(15)14-16-7-3-2-4-8-16/h2-4,7-9,15,17H,5-6,10-14H2,1H3,(H,20,22)/t15-,17-/m1/s1. The molecule has 0 unspecified atom stereocenters. The number of carbonyl (C=O) groups is 1. The van der Waals surface area contributed by atoms with Gasteiger partial charge in [0.25, 0.3) is 5.91 Å². The van der Waals surface area contributed by atoms with Gasteiger partial charge in [0, 0.05) is 25.2 Å². The number of hydrogen-bond acceptors (Lipinski definition) is 3. The second-order valence-electron chi connectivity index (χ2n) is 6.56. The molecule has 3 rings (SSSR count). The van der Waals surface area contributed by atoms with E-state index >= 15 is 0 Å². The molecule has 1 aromatic rings. The van der Waals surface area contributed by atoms with E-state index in [1.807, 2.05) is 6.08 Å². The summed E-state index contributed by atoms with van der Waals surface area (Å²) >= 11 is 0. The van der Waals surface area contributed by atoms with Gasteiger partial charge >= 0.3 is 0 Å². The normalized spacial score (nSPS) is 25.3. The zero-order chi connectivity index (χ0) is 16.1. The molecule has 0 radical (unpaired) electrons. The molecular formula is C19H26N2O2. The number of piperidine rings is 1. The number of nitrogens with zero attached hydrogens (tertiary/aromatic N) is 1. The van der Waals surface area contributed by atoms with Crippen molar-refractivity contribution in [3.8, 4) is 0 Å². The summed E-state index contributed by atoms with van der Waals surface area (Å²) in [7, 11) is 0. The van der Waals surface area contributed by atoms with Gasteiger partial charge in [-0.3, -0.25) is 9.69 Å². The van der Waals surface area contributed by atoms with Crippen LogP contribution < -0.4 is 5.32 Å². The first-order valence-electron chi connectivity index (χ1n) is 8.64. The Labute approximate surface area is 138 Å². The van der Waals surface area contributed by atoms with Crippen LogP contribution in [0.1, 0.15) is 38.2 Å². The van der Waals surface area contributed by atoms with Crippen molar-refractivity contribution in [2.75, 3.05) is 13.2 Å². The molecule has 23 heavy (non-hydrogen) atoms. The lowest BCUT2D eigenvalue weighted by molar-refractivity contribution is -0.122. The van der Waals surface area contributed by atoms with Gasteiger partial charge in [-0.25, -0.2) is 0 Å². The lowest BCUT2D eigenvalue weighted by Crippen LogP contribution is -2.48. The van der Waals surface area contributed by atoms with Crippen molar-refractivity contribution in [2.45, 2.75) is 51.2 Å². The number of ether oxygens (including phenoxy) is 1. The Bertz CT molecular complexity index is 556. The highest BCUT2D eigenvalue weighted by atomic mass is 16.5. The van der Waals surface area contributed by atoms with E-state index in [1.54, 1.807) is 0 Å². The van der Waals surface area contributed by atoms with Crippen LogP contribution in [0.2, 0.25) is 0 Å². The zero-order valence-electron chi connectivity index (χ0n) is 13.8. The summed E-state index contributed by atoms with van der Waals surface area (Å²) in [6.07, 6.45) is 5.84. The minimum atomic E-state index is -0.0431. The Morgan fingerprint density at radius 2 is 2.17 bits per heavy atom. The summed E-state index contributed by atoms with van der Waals surface area (Å²) in [6, 6.07) is 11.3. The van der Waals surface area contributed by atoms with Crippen LogP contribution >= 0.6 is 0 Å². The van der Waals surface area contributed by atoms with Gasteiger partial charge in [0.1, 0.15) is 0 Å². The molecule has 4 heteroatoms. The number of allylic oxidation sites excluding steroid dienone is 1. The summed E-state index contributed by atoms with van der Waals surface area (Å²) < 4.78 is 5.45. The number of hydrogen-bond donors (Lipinski definition) is 1. The average molecular weight is 314 g/mol. The number of carbonyl (C=O) groups excluding carboxylic acids is 1. The van der Waals surface area contributed by atoms with Crippen molar-refractivity contribution in [1.82, 2.24) is 10.2 Å². The minimum absolute atomic E-state index is 0.0431. The summed E-state index contributed by atoms with van der Waals surface area (Å²) in [5.74, 6) is 0.467. The predicted octanol–water partition coefficient (Wildman–Crippen LogP) is 2.85. The van der Waals surface area contributed by atoms with Crippen LogP contribution in [0.25, 0.3) is 0 Å². The first-order valence-corrected chi connectivity index (χ1v) is 8.64. The molecule has 4 nitrogen and oxygen atoms in total. The Balaban J connectivity index is 1.50. The van der Waals surface area contributed by atoms with Gasteiger partial charge in [-0.05, 0) is 44.2 Å². The quantitative estimate of drug-likeness (QED) is 0.929. The molecule has 2 aliphatic rings. The third-order valence-corrected chi connectivity index (χ3v) is 4.74. The molecule has 0 aliphatic carbocycles. The Morgan fingerprint density at radius 1 is 1.35 bits per heavy atom. The minimum Gasteiger partial charge on any atom is -0.488 e. The number of nitrogens with one attached hydrogen (secondary N) is 1. The van der Waals surface area contributed by atoms with Crippen LogP contribution in [0.15, 0.2) is 42.2 Å². The van der Waals surface area contributed by atoms with Crippen molar-refractivity contribution in [2.24, 2.45) is 0 Å². The van der Waals surface area contributed by atoms with Gasteiger partial charge in [-0.2, -0.15) is 0 Å². The molecule has 1 N–H and O–H groups in total. The molecule has 0 bridgehead atoms. The van der Waals surface area contributed by atoms with Gasteiger partial charge < -0.3 is 10.1 Å². The van der Waals surface area contributed by atoms with Gasteiger partial charge in [0.15, 0.2) is 5.76 Å². The zero-order valence-corrected chi connectivity index (χ0v) is 13.8. The maximum absolute atomic E-state index is 12.2. The Morgan fingerprint density at radius 3 is 2.87 bits per heavy atom. The second-order valence-corrected chi connectivity index (χ2v) is 6.56. The van der Waals surface area contributed by atoms with Crippen LogP contribution in [0.5, 0.6) is 0 Å². The summed E-state index contributed by atoms with van der Waals surface area (Å²) in [4.78, 5) is 14.7. The van der Waals surface area contributed by atoms with Gasteiger partial charge in [-0.15, -0.1) is 0 Å². The topological polar surface area (TPSA) is 41.6 Å². The molecule has 2 atom stereocenters. The number of likely N-dealkylation sites (tertiary alicyclic amines) is 1. The predicted molar refractivity (Wildman–Crippen MR) is 90.7 cm³/mol. The molecule has 1 amide bonds. The van der Waals surface area contributed by atoms with Crippen LogP contribution in [-0.2, 0) is 16.1 Å². The summed E-state index contributed by atoms with van der Waals surface area (Å²) in [5.41, 5.74) is 1.35. The lowest BCUT2D eigenvalue weighted by atomic mass is 9.97. The monoisotopic (exact) mass is 314 g/mol. The molecular weight excluding hydrogens is 288 g/mol. The van der Waals surface area contributed by atoms with Crippen molar-refractivity contribution < 1.29 is 9.53 Å². The van der Waals surface area contributed by atoms with Crippen molar-refractivity contribution in [1.29, 1.82) is 0 Å². The highest BCUT2D eigenvalue weighted by Crippen LogP contribution is 2.20. The molecule has 1 fully saturated rings. The van der Waals surface area contributed by atoms with Gasteiger partial charge in [-0.1, -0.05) is 30.3 Å². The van der Waals surface area contributed by atoms with Crippen molar-refractivity contribution >= 4 is 5.91 Å². The van der Waals surface area contributed by atoms with E-state index in [-0.39, 0.29) is 11.9 Å². The van der Waals surface area contributed by atoms with Crippen molar-refractivity contribution in [3.63, 3.8) is 0 Å². The molecule has 124 valence electrons. The maximum Gasteiger partial charge on any atom is 0.286 e. The van der Waals surface area contributed by atoms with E-state index in [0.717, 1.165) is 38.8 Å². The highest BCUT2D eigenvalue weighted by molar-refractivity contribution is 5.91. The summed E-state index contributed by atoms with van der Waals surface area (Å²) in [6.45, 7) is 4.90. The van der Waals surface area contributed by atoms with E-state index in [1.165, 1.54) is 5.56 Å². The van der Waals surface area contributed by atoms with Gasteiger partial charge in [0.05, 0.1) is 6.61 Å². The van der Waals surface area contributed by atoms with E-state index in [9.17, 15) is 4.79 Å². The number of benzene rings is 1. The molecule has 2 aliphatic heterocycles. The maximum atomic E-state index is 12.2. The molecule has 1 aromatic carbocycles. The van der Waals surface area contributed by atoms with E-state index in [0.29, 0.717) is 18.4 Å². The van der Waals surface area contributed by atoms with E-state index in [4.69, 9.17) is 4.74 Å². The van der Waals surface area contributed by atoms with Crippen LogP contribution in [0.4, 0.5) is 0 Å². The summed E-state index contributed by atoms with van der Waals surface area (Å²) in [5, 5.41) is 3.14. The smallest absolute Gasteiger partial charge is 0.286 e. The molecule has 2 heterocycles. The fraction of sp³-hybridized carbons (Fsp3) is 0.526. The largest absolute Gasteiger partial charge is 0.488 e. The molecule has 0 saturated carbocycles. The van der Waals surface area contributed by atoms with Gasteiger partial charge in [0.2, 0.25) is 0 Å². The lowest BCUT2D eigenvalue weighted by Gasteiger charge is -2.38. The van der Waals surface area contributed by atoms with E-state index < -0.39 is 0 Å². The molecule has 1 saturated heterocycles. The van der Waals surface area contributed by atoms with Crippen molar-refractivity contribution in [3.05, 3.63) is 47.7 Å². The number of amides is 1. The first-order chi connectivity index (χ1) is 11.2. The highest BCUT2D eigenvalue weighted by Gasteiger charge is 2.27. The SMILES string of the molecule is C[C@@H]1C[C@H](NC(=O)C2=CCCCO2)CCN1Cc1ccccc1. The van der Waals surface area contributed by atoms with Crippen LogP contribution in [0.3, 0.4) is 0 Å². The third-order valence-electron chi connectivity index (χ3n) is 4.74. The molecule has 0 aromatic heterocycles. The van der Waals surface area contributed by atoms with E-state index in [2.05, 4.69) is 47.5 Å². The fourth-order valence-corrected chi connectivity index (χ4v) is 3.38. The van der Waals surface area contributed by atoms with Crippen LogP contribution in [-0.4, -0.2) is 36.0 Å².